The summed E-state index contributed by atoms with van der Waals surface area (Å²) in [5, 5.41) is 5.75. The second-order valence-corrected chi connectivity index (χ2v) is 1.52. The smallest absolute Gasteiger partial charge is 0.266 e. The molecule has 0 atom stereocenters. The van der Waals surface area contributed by atoms with Crippen LogP contribution in [0.4, 0.5) is 0 Å². The Hall–Kier alpha value is -1.39. The van der Waals surface area contributed by atoms with Crippen molar-refractivity contribution in [2.24, 2.45) is 5.10 Å². The predicted molar refractivity (Wildman–Crippen MR) is 36.4 cm³/mol. The number of carbonyl (C=O) groups is 2. The molecule has 0 fully saturated rings. The maximum Gasteiger partial charge on any atom is 0.266 e. The summed E-state index contributed by atoms with van der Waals surface area (Å²) in [5.74, 6) is -0.311. The van der Waals surface area contributed by atoms with E-state index in [0.29, 0.717) is 6.41 Å². The monoisotopic (exact) mass is 143 g/mol. The second-order valence-electron chi connectivity index (χ2n) is 1.52. The molecule has 0 aliphatic carbocycles. The van der Waals surface area contributed by atoms with Crippen molar-refractivity contribution in [3.63, 3.8) is 0 Å². The highest BCUT2D eigenvalue weighted by molar-refractivity contribution is 6.37. The maximum absolute atomic E-state index is 10.6. The molecule has 0 aliphatic rings. The van der Waals surface area contributed by atoms with Crippen LogP contribution in [-0.4, -0.2) is 25.1 Å². The zero-order valence-electron chi connectivity index (χ0n) is 5.84. The second kappa shape index (κ2) is 4.49. The van der Waals surface area contributed by atoms with E-state index in [0.717, 1.165) is 0 Å². The molecule has 0 unspecified atom stereocenters. The number of hydrazone groups is 1. The van der Waals surface area contributed by atoms with E-state index in [1.165, 1.54) is 14.0 Å². The molecule has 0 saturated heterocycles. The molecule has 5 nitrogen and oxygen atoms in total. The van der Waals surface area contributed by atoms with Crippen LogP contribution in [0.3, 0.4) is 0 Å². The average Bonchev–Trinajstić information content (AvgIpc) is 1.98. The summed E-state index contributed by atoms with van der Waals surface area (Å²) in [7, 11) is 1.49. The van der Waals surface area contributed by atoms with Crippen molar-refractivity contribution in [2.75, 3.05) is 7.05 Å². The highest BCUT2D eigenvalue weighted by Gasteiger charge is 1.99. The average molecular weight is 143 g/mol. The zero-order chi connectivity index (χ0) is 7.98. The molecule has 5 heteroatoms. The third-order valence-corrected chi connectivity index (χ3v) is 0.841. The van der Waals surface area contributed by atoms with Crippen LogP contribution in [0.5, 0.6) is 0 Å². The van der Waals surface area contributed by atoms with Crippen LogP contribution in [0, 0.1) is 0 Å². The molecule has 0 heterocycles. The molecule has 0 saturated carbocycles. The first-order chi connectivity index (χ1) is 4.72. The fraction of sp³-hybridized carbons (Fsp3) is 0.400. The van der Waals surface area contributed by atoms with Crippen LogP contribution in [0.1, 0.15) is 6.92 Å². The van der Waals surface area contributed by atoms with Crippen LogP contribution >= 0.6 is 0 Å². The molecule has 10 heavy (non-hydrogen) atoms. The Morgan fingerprint density at radius 2 is 2.20 bits per heavy atom. The van der Waals surface area contributed by atoms with E-state index in [-0.39, 0.29) is 11.6 Å². The molecule has 0 aliphatic heterocycles. The lowest BCUT2D eigenvalue weighted by Gasteiger charge is -1.95. The van der Waals surface area contributed by atoms with Gasteiger partial charge in [0.2, 0.25) is 6.41 Å². The van der Waals surface area contributed by atoms with Crippen LogP contribution in [0.2, 0.25) is 0 Å². The summed E-state index contributed by atoms with van der Waals surface area (Å²) in [4.78, 5) is 20.3. The number of hydrogen-bond donors (Lipinski definition) is 2. The van der Waals surface area contributed by atoms with Gasteiger partial charge in [-0.2, -0.15) is 5.10 Å². The van der Waals surface area contributed by atoms with Crippen LogP contribution in [0.15, 0.2) is 5.10 Å². The van der Waals surface area contributed by atoms with E-state index >= 15 is 0 Å². The fourth-order valence-electron chi connectivity index (χ4n) is 0.355. The van der Waals surface area contributed by atoms with Crippen LogP contribution in [0.25, 0.3) is 0 Å². The van der Waals surface area contributed by atoms with Gasteiger partial charge in [0.15, 0.2) is 0 Å². The normalized spacial score (nSPS) is 10.4. The van der Waals surface area contributed by atoms with Crippen molar-refractivity contribution >= 4 is 18.0 Å². The zero-order valence-corrected chi connectivity index (χ0v) is 5.84. The summed E-state index contributed by atoms with van der Waals surface area (Å²) >= 11 is 0. The molecule has 0 aromatic carbocycles. The minimum Gasteiger partial charge on any atom is -0.354 e. The Balaban J connectivity index is 3.91. The third kappa shape index (κ3) is 2.81. The van der Waals surface area contributed by atoms with Crippen molar-refractivity contribution in [1.82, 2.24) is 10.7 Å². The minimum absolute atomic E-state index is 0.217. The van der Waals surface area contributed by atoms with Crippen molar-refractivity contribution < 1.29 is 9.59 Å². The van der Waals surface area contributed by atoms with Crippen molar-refractivity contribution in [1.29, 1.82) is 0 Å². The summed E-state index contributed by atoms with van der Waals surface area (Å²) in [6.45, 7) is 1.50. The molecule has 0 rings (SSSR count). The molecule has 0 aromatic heterocycles. The van der Waals surface area contributed by atoms with Gasteiger partial charge in [-0.3, -0.25) is 9.59 Å². The first kappa shape index (κ1) is 8.61. The Bertz CT molecular complexity index is 164. The summed E-state index contributed by atoms with van der Waals surface area (Å²) in [5.41, 5.74) is 2.23. The van der Waals surface area contributed by atoms with Crippen molar-refractivity contribution in [3.05, 3.63) is 0 Å². The molecule has 2 N–H and O–H groups in total. The predicted octanol–water partition coefficient (Wildman–Crippen LogP) is -1.15. The molecule has 2 amide bonds. The Labute approximate surface area is 58.5 Å². The Morgan fingerprint density at radius 1 is 1.60 bits per heavy atom. The van der Waals surface area contributed by atoms with Crippen LogP contribution in [-0.2, 0) is 9.59 Å². The van der Waals surface area contributed by atoms with Gasteiger partial charge in [0.25, 0.3) is 5.91 Å². The Kier molecular flexibility index (Phi) is 3.86. The Morgan fingerprint density at radius 3 is 2.60 bits per heavy atom. The molecule has 0 spiro atoms. The van der Waals surface area contributed by atoms with Gasteiger partial charge < -0.3 is 5.32 Å². The van der Waals surface area contributed by atoms with Crippen molar-refractivity contribution in [2.45, 2.75) is 6.92 Å². The summed E-state index contributed by atoms with van der Waals surface area (Å²) < 4.78 is 0. The molecule has 0 aromatic rings. The lowest BCUT2D eigenvalue weighted by molar-refractivity contribution is -0.114. The lowest BCUT2D eigenvalue weighted by Crippen LogP contribution is -2.26. The van der Waals surface area contributed by atoms with Gasteiger partial charge in [-0.25, -0.2) is 5.43 Å². The fourth-order valence-corrected chi connectivity index (χ4v) is 0.355. The number of nitrogens with one attached hydrogen (secondary N) is 2. The number of rotatable bonds is 3. The summed E-state index contributed by atoms with van der Waals surface area (Å²) in [6.07, 6.45) is 0.395. The number of hydrogen-bond acceptors (Lipinski definition) is 3. The van der Waals surface area contributed by atoms with E-state index in [2.05, 4.69) is 10.4 Å². The molecule has 0 bridgehead atoms. The van der Waals surface area contributed by atoms with E-state index < -0.39 is 0 Å². The van der Waals surface area contributed by atoms with E-state index in [1.807, 2.05) is 5.43 Å². The van der Waals surface area contributed by atoms with Gasteiger partial charge in [0, 0.05) is 7.05 Å². The third-order valence-electron chi connectivity index (χ3n) is 0.841. The first-order valence-corrected chi connectivity index (χ1v) is 2.68. The number of amides is 2. The lowest BCUT2D eigenvalue weighted by atomic mass is 10.4. The SMILES string of the molecule is CNC(=O)/C(C)=N\NC=O. The van der Waals surface area contributed by atoms with E-state index in [1.54, 1.807) is 0 Å². The molecule has 56 valence electrons. The molecular formula is C5H9N3O2. The van der Waals surface area contributed by atoms with Gasteiger partial charge in [-0.05, 0) is 6.92 Å². The molecular weight excluding hydrogens is 134 g/mol. The topological polar surface area (TPSA) is 70.6 Å². The highest BCUT2D eigenvalue weighted by atomic mass is 16.2. The maximum atomic E-state index is 10.6. The summed E-state index contributed by atoms with van der Waals surface area (Å²) in [6, 6.07) is 0. The van der Waals surface area contributed by atoms with Crippen LogP contribution < -0.4 is 10.7 Å². The van der Waals surface area contributed by atoms with E-state index in [9.17, 15) is 9.59 Å². The largest absolute Gasteiger partial charge is 0.354 e. The first-order valence-electron chi connectivity index (χ1n) is 2.68. The van der Waals surface area contributed by atoms with Crippen molar-refractivity contribution in [3.8, 4) is 0 Å². The highest BCUT2D eigenvalue weighted by Crippen LogP contribution is 1.71. The van der Waals surface area contributed by atoms with Gasteiger partial charge in [0.05, 0.1) is 0 Å². The number of carbonyl (C=O) groups excluding carboxylic acids is 2. The molecule has 0 radical (unpaired) electrons. The van der Waals surface area contributed by atoms with Gasteiger partial charge in [-0.1, -0.05) is 0 Å². The van der Waals surface area contributed by atoms with Gasteiger partial charge >= 0.3 is 0 Å². The van der Waals surface area contributed by atoms with Gasteiger partial charge in [0.1, 0.15) is 5.71 Å². The number of nitrogens with zero attached hydrogens (tertiary/aromatic N) is 1. The van der Waals surface area contributed by atoms with Gasteiger partial charge in [-0.15, -0.1) is 0 Å². The standard InChI is InChI=1S/C5H9N3O2/c1-4(5(10)6-2)8-7-3-9/h3H,1-2H3,(H,6,10)(H,7,9)/b8-4-. The quantitative estimate of drug-likeness (QED) is 0.297. The van der Waals surface area contributed by atoms with E-state index in [4.69, 9.17) is 0 Å². The minimum atomic E-state index is -0.311.